The van der Waals surface area contributed by atoms with Gasteiger partial charge in [-0.15, -0.1) is 11.3 Å². The van der Waals surface area contributed by atoms with Crippen LogP contribution in [0.5, 0.6) is 0 Å². The average molecular weight is 320 g/mol. The van der Waals surface area contributed by atoms with Gasteiger partial charge in [-0.25, -0.2) is 4.98 Å². The first-order chi connectivity index (χ1) is 10.5. The molecule has 2 rings (SSSR count). The van der Waals surface area contributed by atoms with Crippen molar-refractivity contribution in [1.82, 2.24) is 20.2 Å². The van der Waals surface area contributed by atoms with E-state index >= 15 is 0 Å². The fraction of sp³-hybridized carbons (Fsp3) is 0.400. The van der Waals surface area contributed by atoms with E-state index in [-0.39, 0.29) is 18.4 Å². The molecular weight excluding hydrogens is 300 g/mol. The molecule has 0 aliphatic rings. The molecule has 0 atom stereocenters. The molecule has 0 saturated carbocycles. The van der Waals surface area contributed by atoms with Crippen LogP contribution in [0.1, 0.15) is 28.8 Å². The third-order valence-electron chi connectivity index (χ3n) is 3.13. The molecule has 2 N–H and O–H groups in total. The highest BCUT2D eigenvalue weighted by Crippen LogP contribution is 2.23. The van der Waals surface area contributed by atoms with Gasteiger partial charge in [-0.2, -0.15) is 0 Å². The molecule has 22 heavy (non-hydrogen) atoms. The summed E-state index contributed by atoms with van der Waals surface area (Å²) < 4.78 is 1.74. The van der Waals surface area contributed by atoms with Gasteiger partial charge >= 0.3 is 0 Å². The van der Waals surface area contributed by atoms with E-state index < -0.39 is 0 Å². The fourth-order valence-corrected chi connectivity index (χ4v) is 2.63. The zero-order chi connectivity index (χ0) is 16.1. The van der Waals surface area contributed by atoms with Crippen molar-refractivity contribution < 1.29 is 9.59 Å². The summed E-state index contributed by atoms with van der Waals surface area (Å²) in [4.78, 5) is 28.1. The van der Waals surface area contributed by atoms with Gasteiger partial charge in [0.2, 0.25) is 5.91 Å². The van der Waals surface area contributed by atoms with E-state index in [1.165, 1.54) is 0 Å². The Morgan fingerprint density at radius 3 is 2.77 bits per heavy atom. The van der Waals surface area contributed by atoms with E-state index in [4.69, 9.17) is 0 Å². The number of rotatable bonds is 6. The van der Waals surface area contributed by atoms with Crippen LogP contribution in [-0.2, 0) is 11.8 Å². The number of hydrogen-bond acceptors (Lipinski definition) is 4. The SMILES string of the molecule is CCCNC(=O)CNC(=O)c1cc(-c2csc(C)n2)cn1C. The van der Waals surface area contributed by atoms with Crippen molar-refractivity contribution in [3.05, 3.63) is 28.3 Å². The largest absolute Gasteiger partial charge is 0.355 e. The molecular formula is C15H20N4O2S. The summed E-state index contributed by atoms with van der Waals surface area (Å²) in [6, 6.07) is 1.79. The molecule has 0 radical (unpaired) electrons. The van der Waals surface area contributed by atoms with Gasteiger partial charge in [-0.3, -0.25) is 9.59 Å². The Morgan fingerprint density at radius 1 is 1.36 bits per heavy atom. The van der Waals surface area contributed by atoms with Crippen molar-refractivity contribution in [3.8, 4) is 11.3 Å². The number of thiazole rings is 1. The maximum atomic E-state index is 12.2. The Kier molecular flexibility index (Phi) is 5.32. The van der Waals surface area contributed by atoms with Gasteiger partial charge in [-0.1, -0.05) is 6.92 Å². The second kappa shape index (κ2) is 7.22. The zero-order valence-corrected chi connectivity index (χ0v) is 13.8. The summed E-state index contributed by atoms with van der Waals surface area (Å²) in [5, 5.41) is 8.29. The van der Waals surface area contributed by atoms with Crippen molar-refractivity contribution in [2.75, 3.05) is 13.1 Å². The third kappa shape index (κ3) is 3.94. The summed E-state index contributed by atoms with van der Waals surface area (Å²) in [5.74, 6) is -0.452. The van der Waals surface area contributed by atoms with Crippen molar-refractivity contribution in [3.63, 3.8) is 0 Å². The Morgan fingerprint density at radius 2 is 2.14 bits per heavy atom. The number of amides is 2. The number of hydrogen-bond donors (Lipinski definition) is 2. The normalized spacial score (nSPS) is 10.5. The summed E-state index contributed by atoms with van der Waals surface area (Å²) in [6.45, 7) is 4.52. The second-order valence-corrected chi connectivity index (χ2v) is 6.07. The molecule has 0 aromatic carbocycles. The van der Waals surface area contributed by atoms with Crippen LogP contribution in [0.4, 0.5) is 0 Å². The van der Waals surface area contributed by atoms with Gasteiger partial charge < -0.3 is 15.2 Å². The molecule has 2 amide bonds. The standard InChI is InChI=1S/C15H20N4O2S/c1-4-5-16-14(20)7-17-15(21)13-6-11(8-19(13)3)12-9-22-10(2)18-12/h6,8-9H,4-5,7H2,1-3H3,(H,16,20)(H,17,21). The second-order valence-electron chi connectivity index (χ2n) is 5.01. The summed E-state index contributed by atoms with van der Waals surface area (Å²) in [7, 11) is 1.80. The van der Waals surface area contributed by atoms with Gasteiger partial charge in [0.1, 0.15) is 5.69 Å². The van der Waals surface area contributed by atoms with Crippen LogP contribution in [0.15, 0.2) is 17.6 Å². The summed E-state index contributed by atoms with van der Waals surface area (Å²) in [5.41, 5.74) is 2.26. The van der Waals surface area contributed by atoms with Crippen molar-refractivity contribution in [2.45, 2.75) is 20.3 Å². The molecule has 6 nitrogen and oxygen atoms in total. The molecule has 0 bridgehead atoms. The molecule has 7 heteroatoms. The van der Waals surface area contributed by atoms with E-state index in [0.29, 0.717) is 12.2 Å². The number of carbonyl (C=O) groups excluding carboxylic acids is 2. The zero-order valence-electron chi connectivity index (χ0n) is 13.0. The van der Waals surface area contributed by atoms with E-state index in [1.54, 1.807) is 29.0 Å². The molecule has 0 aliphatic carbocycles. The van der Waals surface area contributed by atoms with E-state index in [1.807, 2.05) is 25.4 Å². The smallest absolute Gasteiger partial charge is 0.268 e. The minimum Gasteiger partial charge on any atom is -0.355 e. The number of nitrogens with zero attached hydrogens (tertiary/aromatic N) is 2. The number of carbonyl (C=O) groups is 2. The van der Waals surface area contributed by atoms with Crippen molar-refractivity contribution in [2.24, 2.45) is 7.05 Å². The van der Waals surface area contributed by atoms with Crippen LogP contribution in [0.3, 0.4) is 0 Å². The van der Waals surface area contributed by atoms with Gasteiger partial charge in [0.25, 0.3) is 5.91 Å². The minimum atomic E-state index is -0.271. The Hall–Kier alpha value is -2.15. The molecule has 0 spiro atoms. The van der Waals surface area contributed by atoms with E-state index in [9.17, 15) is 9.59 Å². The Bertz CT molecular complexity index is 675. The first-order valence-electron chi connectivity index (χ1n) is 7.15. The monoisotopic (exact) mass is 320 g/mol. The molecule has 118 valence electrons. The highest BCUT2D eigenvalue weighted by Gasteiger charge is 2.14. The lowest BCUT2D eigenvalue weighted by molar-refractivity contribution is -0.120. The highest BCUT2D eigenvalue weighted by atomic mass is 32.1. The van der Waals surface area contributed by atoms with Gasteiger partial charge in [0, 0.05) is 30.7 Å². The molecule has 0 unspecified atom stereocenters. The lowest BCUT2D eigenvalue weighted by Gasteiger charge is -2.06. The molecule has 2 aromatic heterocycles. The van der Waals surface area contributed by atoms with Gasteiger partial charge in [0.15, 0.2) is 0 Å². The van der Waals surface area contributed by atoms with E-state index in [0.717, 1.165) is 22.7 Å². The Balaban J connectivity index is 2.01. The van der Waals surface area contributed by atoms with Crippen LogP contribution in [0.2, 0.25) is 0 Å². The quantitative estimate of drug-likeness (QED) is 0.851. The average Bonchev–Trinajstić information content (AvgIpc) is 3.08. The molecule has 0 saturated heterocycles. The number of aromatic nitrogens is 2. The predicted octanol–water partition coefficient (Wildman–Crippen LogP) is 1.71. The van der Waals surface area contributed by atoms with Crippen LogP contribution >= 0.6 is 11.3 Å². The lowest BCUT2D eigenvalue weighted by atomic mass is 10.2. The van der Waals surface area contributed by atoms with Crippen LogP contribution in [0.25, 0.3) is 11.3 Å². The maximum absolute atomic E-state index is 12.2. The first kappa shape index (κ1) is 16.2. The maximum Gasteiger partial charge on any atom is 0.268 e. The Labute approximate surface area is 133 Å². The predicted molar refractivity (Wildman–Crippen MR) is 86.9 cm³/mol. The molecule has 0 aliphatic heterocycles. The minimum absolute atomic E-state index is 0.0187. The van der Waals surface area contributed by atoms with Crippen LogP contribution in [0, 0.1) is 6.92 Å². The topological polar surface area (TPSA) is 76.0 Å². The summed E-state index contributed by atoms with van der Waals surface area (Å²) >= 11 is 1.57. The van der Waals surface area contributed by atoms with E-state index in [2.05, 4.69) is 15.6 Å². The van der Waals surface area contributed by atoms with Gasteiger partial charge in [0.05, 0.1) is 17.2 Å². The lowest BCUT2D eigenvalue weighted by Crippen LogP contribution is -2.37. The molecule has 2 aromatic rings. The molecule has 2 heterocycles. The highest BCUT2D eigenvalue weighted by molar-refractivity contribution is 7.09. The fourth-order valence-electron chi connectivity index (χ4n) is 2.00. The van der Waals surface area contributed by atoms with Crippen LogP contribution < -0.4 is 10.6 Å². The third-order valence-corrected chi connectivity index (χ3v) is 3.91. The number of nitrogens with one attached hydrogen (secondary N) is 2. The first-order valence-corrected chi connectivity index (χ1v) is 8.03. The number of aryl methyl sites for hydroxylation is 2. The molecule has 0 fully saturated rings. The summed E-state index contributed by atoms with van der Waals surface area (Å²) in [6.07, 6.45) is 2.73. The van der Waals surface area contributed by atoms with Crippen LogP contribution in [-0.4, -0.2) is 34.5 Å². The van der Waals surface area contributed by atoms with Crippen molar-refractivity contribution in [1.29, 1.82) is 0 Å². The van der Waals surface area contributed by atoms with Crippen molar-refractivity contribution >= 4 is 23.2 Å². The van der Waals surface area contributed by atoms with Gasteiger partial charge in [-0.05, 0) is 19.4 Å².